The zero-order valence-electron chi connectivity index (χ0n) is 24.0. The largest absolute Gasteiger partial charge is 0.489 e. The van der Waals surface area contributed by atoms with Gasteiger partial charge in [0, 0.05) is 16.8 Å². The molecule has 4 aromatic rings. The third-order valence-corrected chi connectivity index (χ3v) is 9.57. The van der Waals surface area contributed by atoms with Crippen LogP contribution in [0.2, 0.25) is 0 Å². The van der Waals surface area contributed by atoms with Crippen molar-refractivity contribution >= 4 is 17.5 Å². The Hall–Kier alpha value is -3.88. The summed E-state index contributed by atoms with van der Waals surface area (Å²) in [6, 6.07) is 28.8. The second-order valence-electron chi connectivity index (χ2n) is 11.4. The number of ketones is 1. The molecule has 212 valence electrons. The maximum Gasteiger partial charge on any atom is 0.173 e. The molecule has 0 spiro atoms. The quantitative estimate of drug-likeness (QED) is 0.148. The number of hydrogen-bond donors (Lipinski definition) is 0. The van der Waals surface area contributed by atoms with Gasteiger partial charge in [0.2, 0.25) is 0 Å². The fraction of sp³-hybridized carbons (Fsp3) is 0.324. The van der Waals surface area contributed by atoms with Gasteiger partial charge in [-0.15, -0.1) is 0 Å². The monoisotopic (exact) mass is 572 g/mol. The fourth-order valence-corrected chi connectivity index (χ4v) is 7.20. The summed E-state index contributed by atoms with van der Waals surface area (Å²) in [6.07, 6.45) is 10.4. The second kappa shape index (κ2) is 13.4. The van der Waals surface area contributed by atoms with Crippen LogP contribution >= 0.6 is 11.8 Å². The van der Waals surface area contributed by atoms with E-state index >= 15 is 0 Å². The predicted molar refractivity (Wildman–Crippen MR) is 169 cm³/mol. The third-order valence-electron chi connectivity index (χ3n) is 8.59. The smallest absolute Gasteiger partial charge is 0.173 e. The Bertz CT molecular complexity index is 1570. The van der Waals surface area contributed by atoms with E-state index in [0.29, 0.717) is 23.1 Å². The van der Waals surface area contributed by atoms with Crippen LogP contribution in [0.3, 0.4) is 0 Å². The van der Waals surface area contributed by atoms with Gasteiger partial charge in [-0.1, -0.05) is 97.8 Å². The standard InChI is InChI=1S/C37H36N2O2S/c38-23-33-36(30-19-21-31(22-20-30)41-24-26-9-3-1-4-10-26)32-13-7-8-14-34(32)39-37(33)42-25-35(40)29-17-15-28(16-18-29)27-11-5-2-6-12-27/h1,3-4,9-10,15-22,27H,2,5-8,11-14,24-25H2. The maximum absolute atomic E-state index is 13.2. The number of nitriles is 1. The maximum atomic E-state index is 13.2. The molecule has 0 amide bonds. The van der Waals surface area contributed by atoms with Gasteiger partial charge in [0.15, 0.2) is 5.78 Å². The summed E-state index contributed by atoms with van der Waals surface area (Å²) in [4.78, 5) is 18.2. The van der Waals surface area contributed by atoms with Crippen molar-refractivity contribution in [1.29, 1.82) is 5.26 Å². The molecule has 0 unspecified atom stereocenters. The third kappa shape index (κ3) is 6.45. The number of nitrogens with zero attached hydrogens (tertiary/aromatic N) is 2. The van der Waals surface area contributed by atoms with Gasteiger partial charge in [0.1, 0.15) is 23.5 Å². The number of Topliss-reactive ketones (excluding diaryl/α,β-unsaturated/α-hetero) is 1. The molecule has 5 heteroatoms. The molecule has 0 radical (unpaired) electrons. The topological polar surface area (TPSA) is 63.0 Å². The number of carbonyl (C=O) groups is 1. The molecule has 1 fully saturated rings. The van der Waals surface area contributed by atoms with Crippen molar-refractivity contribution in [3.05, 3.63) is 112 Å². The van der Waals surface area contributed by atoms with Crippen molar-refractivity contribution in [1.82, 2.24) is 4.98 Å². The Labute approximate surface area is 253 Å². The number of thioether (sulfide) groups is 1. The Morgan fingerprint density at radius 1 is 0.881 bits per heavy atom. The first kappa shape index (κ1) is 28.2. The minimum Gasteiger partial charge on any atom is -0.489 e. The zero-order valence-corrected chi connectivity index (χ0v) is 24.8. The lowest BCUT2D eigenvalue weighted by Crippen LogP contribution is -2.11. The zero-order chi connectivity index (χ0) is 28.7. The first-order valence-corrected chi connectivity index (χ1v) is 16.2. The lowest BCUT2D eigenvalue weighted by molar-refractivity contribution is 0.102. The van der Waals surface area contributed by atoms with E-state index in [0.717, 1.165) is 59.4 Å². The van der Waals surface area contributed by atoms with Crippen LogP contribution < -0.4 is 4.74 Å². The molecule has 2 aliphatic carbocycles. The molecule has 0 saturated heterocycles. The van der Waals surface area contributed by atoms with Crippen molar-refractivity contribution in [2.24, 2.45) is 0 Å². The molecular weight excluding hydrogens is 536 g/mol. The number of fused-ring (bicyclic) bond motifs is 1. The molecule has 1 aromatic heterocycles. The van der Waals surface area contributed by atoms with Crippen molar-refractivity contribution in [3.8, 4) is 22.9 Å². The summed E-state index contributed by atoms with van der Waals surface area (Å²) in [5, 5.41) is 11.0. The van der Waals surface area contributed by atoms with Gasteiger partial charge in [-0.3, -0.25) is 4.79 Å². The van der Waals surface area contributed by atoms with Gasteiger partial charge < -0.3 is 4.74 Å². The van der Waals surface area contributed by atoms with E-state index in [1.54, 1.807) is 0 Å². The van der Waals surface area contributed by atoms with E-state index in [4.69, 9.17) is 9.72 Å². The highest BCUT2D eigenvalue weighted by atomic mass is 32.2. The minimum atomic E-state index is 0.0695. The van der Waals surface area contributed by atoms with Gasteiger partial charge in [-0.05, 0) is 78.8 Å². The van der Waals surface area contributed by atoms with Gasteiger partial charge in [-0.25, -0.2) is 4.98 Å². The molecular formula is C37H36N2O2S. The van der Waals surface area contributed by atoms with Crippen LogP contribution in [0.4, 0.5) is 0 Å². The van der Waals surface area contributed by atoms with Crippen LogP contribution in [0.25, 0.3) is 11.1 Å². The molecule has 4 nitrogen and oxygen atoms in total. The number of ether oxygens (including phenoxy) is 1. The highest BCUT2D eigenvalue weighted by Gasteiger charge is 2.24. The lowest BCUT2D eigenvalue weighted by atomic mass is 9.84. The molecule has 1 saturated carbocycles. The summed E-state index contributed by atoms with van der Waals surface area (Å²) < 4.78 is 6.01. The Kier molecular flexibility index (Phi) is 9.01. The van der Waals surface area contributed by atoms with Crippen molar-refractivity contribution < 1.29 is 9.53 Å². The summed E-state index contributed by atoms with van der Waals surface area (Å²) >= 11 is 1.39. The van der Waals surface area contributed by atoms with E-state index in [1.165, 1.54) is 55.0 Å². The van der Waals surface area contributed by atoms with Crippen LogP contribution in [0, 0.1) is 11.3 Å². The minimum absolute atomic E-state index is 0.0695. The number of benzene rings is 3. The van der Waals surface area contributed by atoms with Gasteiger partial charge in [0.25, 0.3) is 0 Å². The number of rotatable bonds is 9. The summed E-state index contributed by atoms with van der Waals surface area (Å²) in [5.41, 5.74) is 7.95. The molecule has 1 heterocycles. The van der Waals surface area contributed by atoms with Gasteiger partial charge in [0.05, 0.1) is 11.3 Å². The molecule has 0 atom stereocenters. The number of carbonyl (C=O) groups excluding carboxylic acids is 1. The van der Waals surface area contributed by atoms with Gasteiger partial charge in [-0.2, -0.15) is 5.26 Å². The van der Waals surface area contributed by atoms with Crippen LogP contribution in [0.15, 0.2) is 83.9 Å². The number of aryl methyl sites for hydroxylation is 1. The Morgan fingerprint density at radius 3 is 2.36 bits per heavy atom. The molecule has 6 rings (SSSR count). The average molecular weight is 573 g/mol. The fourth-order valence-electron chi connectivity index (χ4n) is 6.30. The second-order valence-corrected chi connectivity index (χ2v) is 12.3. The summed E-state index contributed by atoms with van der Waals surface area (Å²) in [5.74, 6) is 1.74. The molecule has 0 N–H and O–H groups in total. The van der Waals surface area contributed by atoms with Crippen molar-refractivity contribution in [2.75, 3.05) is 5.75 Å². The van der Waals surface area contributed by atoms with Crippen LogP contribution in [-0.4, -0.2) is 16.5 Å². The first-order chi connectivity index (χ1) is 20.7. The molecule has 42 heavy (non-hydrogen) atoms. The SMILES string of the molecule is N#Cc1c(SCC(=O)c2ccc(C3CCCCC3)cc2)nc2c(c1-c1ccc(OCc3ccccc3)cc1)CCCC2. The highest BCUT2D eigenvalue weighted by Crippen LogP contribution is 2.39. The molecule has 0 bridgehead atoms. The highest BCUT2D eigenvalue weighted by molar-refractivity contribution is 8.00. The van der Waals surface area contributed by atoms with E-state index in [9.17, 15) is 10.1 Å². The number of hydrogen-bond acceptors (Lipinski definition) is 5. The van der Waals surface area contributed by atoms with Crippen molar-refractivity contribution in [3.63, 3.8) is 0 Å². The first-order valence-electron chi connectivity index (χ1n) is 15.2. The molecule has 2 aliphatic rings. The van der Waals surface area contributed by atoms with E-state index in [-0.39, 0.29) is 11.5 Å². The Balaban J connectivity index is 1.21. The van der Waals surface area contributed by atoms with E-state index in [2.05, 4.69) is 18.2 Å². The summed E-state index contributed by atoms with van der Waals surface area (Å²) in [6.45, 7) is 0.506. The van der Waals surface area contributed by atoms with Crippen LogP contribution in [0.5, 0.6) is 5.75 Å². The lowest BCUT2D eigenvalue weighted by Gasteiger charge is -2.22. The number of pyridine rings is 1. The normalized spacial score (nSPS) is 15.0. The van der Waals surface area contributed by atoms with Crippen LogP contribution in [0.1, 0.15) is 89.2 Å². The van der Waals surface area contributed by atoms with E-state index < -0.39 is 0 Å². The number of aromatic nitrogens is 1. The predicted octanol–water partition coefficient (Wildman–Crippen LogP) is 9.10. The van der Waals surface area contributed by atoms with Gasteiger partial charge >= 0.3 is 0 Å². The average Bonchev–Trinajstić information content (AvgIpc) is 3.06. The van der Waals surface area contributed by atoms with Crippen LogP contribution in [-0.2, 0) is 19.4 Å². The molecule has 0 aliphatic heterocycles. The summed E-state index contributed by atoms with van der Waals surface area (Å²) in [7, 11) is 0. The van der Waals surface area contributed by atoms with Crippen molar-refractivity contribution in [2.45, 2.75) is 75.3 Å². The van der Waals surface area contributed by atoms with E-state index in [1.807, 2.05) is 66.7 Å². The molecule has 3 aromatic carbocycles. The Morgan fingerprint density at radius 2 is 1.62 bits per heavy atom.